The SMILES string of the molecule is Cc1c(Br)c(C(F)(F)F)nn1CCC(=O)Nc1ccn(Cc2c(F)c(F)cc(F)c2F)n1. The fourth-order valence-electron chi connectivity index (χ4n) is 2.78. The van der Waals surface area contributed by atoms with E-state index in [9.17, 15) is 35.5 Å². The summed E-state index contributed by atoms with van der Waals surface area (Å²) in [5, 5.41) is 9.65. The zero-order valence-corrected chi connectivity index (χ0v) is 17.7. The number of aromatic nitrogens is 4. The van der Waals surface area contributed by atoms with Crippen molar-refractivity contribution in [3.8, 4) is 0 Å². The Morgan fingerprint density at radius 2 is 1.75 bits per heavy atom. The Kier molecular flexibility index (Phi) is 6.62. The van der Waals surface area contributed by atoms with E-state index in [0.29, 0.717) is 0 Å². The van der Waals surface area contributed by atoms with Crippen LogP contribution in [0.15, 0.2) is 22.8 Å². The van der Waals surface area contributed by atoms with Gasteiger partial charge in [0.1, 0.15) is 0 Å². The summed E-state index contributed by atoms with van der Waals surface area (Å²) in [6.07, 6.45) is -3.70. The quantitative estimate of drug-likeness (QED) is 0.370. The molecule has 0 aliphatic rings. The number of nitrogens with zero attached hydrogens (tertiary/aromatic N) is 4. The first-order valence-corrected chi connectivity index (χ1v) is 9.63. The summed E-state index contributed by atoms with van der Waals surface area (Å²) in [5.74, 6) is -6.92. The monoisotopic (exact) mass is 527 g/mol. The van der Waals surface area contributed by atoms with Gasteiger partial charge in [0.2, 0.25) is 5.91 Å². The fraction of sp³-hybridized carbons (Fsp3) is 0.278. The van der Waals surface area contributed by atoms with Gasteiger partial charge in [-0.2, -0.15) is 23.4 Å². The van der Waals surface area contributed by atoms with E-state index in [4.69, 9.17) is 0 Å². The van der Waals surface area contributed by atoms with E-state index >= 15 is 0 Å². The van der Waals surface area contributed by atoms with Crippen LogP contribution in [0.1, 0.15) is 23.4 Å². The van der Waals surface area contributed by atoms with E-state index in [1.807, 2.05) is 0 Å². The van der Waals surface area contributed by atoms with Crippen LogP contribution >= 0.6 is 15.9 Å². The van der Waals surface area contributed by atoms with E-state index < -0.39 is 53.2 Å². The third-order valence-electron chi connectivity index (χ3n) is 4.38. The molecule has 0 bridgehead atoms. The van der Waals surface area contributed by atoms with Gasteiger partial charge in [-0.05, 0) is 22.9 Å². The summed E-state index contributed by atoms with van der Waals surface area (Å²) in [6.45, 7) is 0.592. The summed E-state index contributed by atoms with van der Waals surface area (Å²) in [5.41, 5.74) is -1.81. The summed E-state index contributed by atoms with van der Waals surface area (Å²) in [7, 11) is 0. The van der Waals surface area contributed by atoms with Crippen molar-refractivity contribution in [2.75, 3.05) is 5.32 Å². The van der Waals surface area contributed by atoms with Gasteiger partial charge in [-0.3, -0.25) is 14.2 Å². The van der Waals surface area contributed by atoms with Crippen molar-refractivity contribution in [3.05, 3.63) is 63.0 Å². The van der Waals surface area contributed by atoms with E-state index in [1.165, 1.54) is 19.2 Å². The van der Waals surface area contributed by atoms with Crippen LogP contribution in [0.2, 0.25) is 0 Å². The van der Waals surface area contributed by atoms with Crippen molar-refractivity contribution in [1.82, 2.24) is 19.6 Å². The van der Waals surface area contributed by atoms with Crippen molar-refractivity contribution >= 4 is 27.7 Å². The standard InChI is InChI=1S/C18H13BrF7N5O/c1-8-14(19)17(18(24,25)26)29-31(8)5-3-13(32)27-12-2-4-30(28-12)7-9-15(22)10(20)6-11(21)16(9)23/h2,4,6H,3,5,7H2,1H3,(H,27,28,32). The number of carbonyl (C=O) groups excluding carboxylic acids is 1. The highest BCUT2D eigenvalue weighted by molar-refractivity contribution is 9.10. The molecule has 3 aromatic rings. The molecule has 1 aromatic carbocycles. The lowest BCUT2D eigenvalue weighted by molar-refractivity contribution is -0.142. The maximum Gasteiger partial charge on any atom is 0.436 e. The van der Waals surface area contributed by atoms with Crippen molar-refractivity contribution < 1.29 is 35.5 Å². The Bertz CT molecular complexity index is 1150. The number of rotatable bonds is 6. The van der Waals surface area contributed by atoms with Gasteiger partial charge in [0, 0.05) is 24.8 Å². The molecule has 1 N–H and O–H groups in total. The molecule has 0 saturated carbocycles. The Balaban J connectivity index is 1.64. The number of alkyl halides is 3. The highest BCUT2D eigenvalue weighted by atomic mass is 79.9. The lowest BCUT2D eigenvalue weighted by atomic mass is 10.2. The van der Waals surface area contributed by atoms with Gasteiger partial charge < -0.3 is 5.32 Å². The Morgan fingerprint density at radius 3 is 2.31 bits per heavy atom. The predicted molar refractivity (Wildman–Crippen MR) is 101 cm³/mol. The molecular weight excluding hydrogens is 515 g/mol. The molecule has 32 heavy (non-hydrogen) atoms. The lowest BCUT2D eigenvalue weighted by Crippen LogP contribution is -2.17. The zero-order valence-electron chi connectivity index (χ0n) is 16.1. The van der Waals surface area contributed by atoms with Gasteiger partial charge in [0.25, 0.3) is 0 Å². The average Bonchev–Trinajstić information content (AvgIpc) is 3.26. The molecule has 0 spiro atoms. The molecular formula is C18H13BrF7N5O. The molecule has 0 radical (unpaired) electrons. The second kappa shape index (κ2) is 8.92. The normalized spacial score (nSPS) is 11.8. The third-order valence-corrected chi connectivity index (χ3v) is 5.33. The summed E-state index contributed by atoms with van der Waals surface area (Å²) < 4.78 is 94.6. The molecule has 0 unspecified atom stereocenters. The lowest BCUT2D eigenvalue weighted by Gasteiger charge is -2.07. The second-order valence-electron chi connectivity index (χ2n) is 6.61. The molecule has 0 fully saturated rings. The fourth-order valence-corrected chi connectivity index (χ4v) is 3.28. The van der Waals surface area contributed by atoms with Crippen molar-refractivity contribution in [2.45, 2.75) is 32.6 Å². The maximum atomic E-state index is 13.8. The van der Waals surface area contributed by atoms with Gasteiger partial charge in [-0.1, -0.05) is 0 Å². The van der Waals surface area contributed by atoms with Crippen LogP contribution < -0.4 is 5.32 Å². The van der Waals surface area contributed by atoms with Gasteiger partial charge in [0.15, 0.2) is 34.8 Å². The topological polar surface area (TPSA) is 64.7 Å². The first kappa shape index (κ1) is 23.8. The highest BCUT2D eigenvalue weighted by Crippen LogP contribution is 2.35. The molecule has 2 heterocycles. The summed E-state index contributed by atoms with van der Waals surface area (Å²) in [6, 6.07) is 1.35. The third kappa shape index (κ3) is 4.95. The number of anilines is 1. The number of benzene rings is 1. The average molecular weight is 528 g/mol. The molecule has 14 heteroatoms. The first-order valence-electron chi connectivity index (χ1n) is 8.83. The number of carbonyl (C=O) groups is 1. The minimum absolute atomic E-state index is 0.0398. The Hall–Kier alpha value is -2.90. The number of amides is 1. The van der Waals surface area contributed by atoms with E-state index in [0.717, 1.165) is 9.36 Å². The highest BCUT2D eigenvalue weighted by Gasteiger charge is 2.37. The molecule has 172 valence electrons. The Labute approximate surface area is 184 Å². The summed E-state index contributed by atoms with van der Waals surface area (Å²) in [4.78, 5) is 12.1. The summed E-state index contributed by atoms with van der Waals surface area (Å²) >= 11 is 2.83. The minimum Gasteiger partial charge on any atom is -0.309 e. The molecule has 0 atom stereocenters. The largest absolute Gasteiger partial charge is 0.436 e. The van der Waals surface area contributed by atoms with Gasteiger partial charge in [0.05, 0.1) is 28.8 Å². The van der Waals surface area contributed by atoms with E-state index in [2.05, 4.69) is 31.4 Å². The molecule has 0 aliphatic carbocycles. The van der Waals surface area contributed by atoms with Crippen LogP contribution in [0.25, 0.3) is 0 Å². The van der Waals surface area contributed by atoms with Crippen molar-refractivity contribution in [1.29, 1.82) is 0 Å². The van der Waals surface area contributed by atoms with Crippen LogP contribution in [-0.2, 0) is 24.1 Å². The molecule has 0 saturated heterocycles. The number of nitrogens with one attached hydrogen (secondary N) is 1. The second-order valence-corrected chi connectivity index (χ2v) is 7.41. The van der Waals surface area contributed by atoms with Crippen LogP contribution in [0.5, 0.6) is 0 Å². The predicted octanol–water partition coefficient (Wildman–Crippen LogP) is 4.80. The smallest absolute Gasteiger partial charge is 0.309 e. The van der Waals surface area contributed by atoms with Crippen molar-refractivity contribution in [3.63, 3.8) is 0 Å². The van der Waals surface area contributed by atoms with Gasteiger partial charge >= 0.3 is 6.18 Å². The molecule has 6 nitrogen and oxygen atoms in total. The number of aryl methyl sites for hydroxylation is 1. The molecule has 2 aromatic heterocycles. The van der Waals surface area contributed by atoms with E-state index in [-0.39, 0.29) is 35.0 Å². The van der Waals surface area contributed by atoms with Gasteiger partial charge in [-0.25, -0.2) is 17.6 Å². The molecule has 0 aliphatic heterocycles. The number of hydrogen-bond acceptors (Lipinski definition) is 3. The zero-order chi connectivity index (χ0) is 23.8. The number of hydrogen-bond donors (Lipinski definition) is 1. The van der Waals surface area contributed by atoms with Gasteiger partial charge in [-0.15, -0.1) is 0 Å². The Morgan fingerprint density at radius 1 is 1.12 bits per heavy atom. The minimum atomic E-state index is -4.66. The first-order chi connectivity index (χ1) is 14.9. The van der Waals surface area contributed by atoms with Crippen LogP contribution in [0.4, 0.5) is 36.6 Å². The van der Waals surface area contributed by atoms with Crippen LogP contribution in [0.3, 0.4) is 0 Å². The van der Waals surface area contributed by atoms with Crippen molar-refractivity contribution in [2.24, 2.45) is 0 Å². The van der Waals surface area contributed by atoms with E-state index in [1.54, 1.807) is 0 Å². The molecule has 1 amide bonds. The van der Waals surface area contributed by atoms with Crippen LogP contribution in [-0.4, -0.2) is 25.5 Å². The number of halogens is 8. The van der Waals surface area contributed by atoms with Crippen LogP contribution in [0, 0.1) is 30.2 Å². The maximum absolute atomic E-state index is 13.8. The molecule has 3 rings (SSSR count).